The lowest BCUT2D eigenvalue weighted by atomic mass is 10.1. The van der Waals surface area contributed by atoms with Gasteiger partial charge in [0.2, 0.25) is 8.32 Å². The molecule has 0 fully saturated rings. The van der Waals surface area contributed by atoms with Gasteiger partial charge in [-0.2, -0.15) is 0 Å². The SMILES string of the molecule is C=C(O[Si](C)(C)C(C)(C)C)c1ccccc1C#CI. The molecule has 0 aromatic heterocycles. The Morgan fingerprint density at radius 3 is 2.37 bits per heavy atom. The molecular weight excluding hydrogens is 363 g/mol. The fraction of sp³-hybridized carbons (Fsp3) is 0.375. The maximum atomic E-state index is 6.25. The minimum atomic E-state index is -1.85. The third-order valence-electron chi connectivity index (χ3n) is 3.59. The maximum absolute atomic E-state index is 6.25. The Morgan fingerprint density at radius 1 is 1.26 bits per heavy atom. The maximum Gasteiger partial charge on any atom is 0.250 e. The Labute approximate surface area is 131 Å². The van der Waals surface area contributed by atoms with Gasteiger partial charge in [0.25, 0.3) is 0 Å². The van der Waals surface area contributed by atoms with Gasteiger partial charge < -0.3 is 4.43 Å². The van der Waals surface area contributed by atoms with E-state index in [2.05, 4.69) is 50.3 Å². The zero-order chi connectivity index (χ0) is 14.7. The lowest BCUT2D eigenvalue weighted by Crippen LogP contribution is -2.40. The summed E-state index contributed by atoms with van der Waals surface area (Å²) in [6, 6.07) is 8.00. The van der Waals surface area contributed by atoms with Gasteiger partial charge in [-0.3, -0.25) is 0 Å². The minimum absolute atomic E-state index is 0.166. The highest BCUT2D eigenvalue weighted by Crippen LogP contribution is 2.39. The van der Waals surface area contributed by atoms with E-state index in [0.29, 0.717) is 0 Å². The molecular formula is C16H21IOSi. The van der Waals surface area contributed by atoms with Crippen LogP contribution in [0.4, 0.5) is 0 Å². The molecule has 0 unspecified atom stereocenters. The molecule has 0 saturated carbocycles. The van der Waals surface area contributed by atoms with Gasteiger partial charge in [0.05, 0.1) is 0 Å². The number of hydrogen-bond acceptors (Lipinski definition) is 1. The molecule has 1 nitrogen and oxygen atoms in total. The van der Waals surface area contributed by atoms with Crippen LogP contribution in [-0.2, 0) is 4.43 Å². The predicted molar refractivity (Wildman–Crippen MR) is 94.7 cm³/mol. The summed E-state index contributed by atoms with van der Waals surface area (Å²) < 4.78 is 9.16. The number of halogens is 1. The first-order valence-electron chi connectivity index (χ1n) is 6.28. The van der Waals surface area contributed by atoms with E-state index in [0.717, 1.165) is 16.9 Å². The Morgan fingerprint density at radius 2 is 1.84 bits per heavy atom. The van der Waals surface area contributed by atoms with Crippen LogP contribution in [0, 0.1) is 9.85 Å². The average Bonchev–Trinajstić information content (AvgIpc) is 2.28. The van der Waals surface area contributed by atoms with Crippen molar-refractivity contribution < 1.29 is 4.43 Å². The molecule has 0 radical (unpaired) electrons. The highest BCUT2D eigenvalue weighted by Gasteiger charge is 2.39. The summed E-state index contributed by atoms with van der Waals surface area (Å²) in [5, 5.41) is 0.166. The van der Waals surface area contributed by atoms with Gasteiger partial charge in [-0.1, -0.05) is 51.5 Å². The van der Waals surface area contributed by atoms with Gasteiger partial charge in [0.15, 0.2) is 0 Å². The first-order chi connectivity index (χ1) is 8.69. The minimum Gasteiger partial charge on any atom is -0.543 e. The molecule has 1 aromatic carbocycles. The second-order valence-corrected chi connectivity index (χ2v) is 11.3. The molecule has 0 spiro atoms. The average molecular weight is 384 g/mol. The zero-order valence-electron chi connectivity index (χ0n) is 12.3. The van der Waals surface area contributed by atoms with E-state index in [9.17, 15) is 0 Å². The molecule has 0 aliphatic carbocycles. The monoisotopic (exact) mass is 384 g/mol. The van der Waals surface area contributed by atoms with E-state index >= 15 is 0 Å². The summed E-state index contributed by atoms with van der Waals surface area (Å²) in [5.74, 6) is 3.83. The van der Waals surface area contributed by atoms with Crippen molar-refractivity contribution in [3.05, 3.63) is 42.0 Å². The van der Waals surface area contributed by atoms with Crippen LogP contribution in [0.1, 0.15) is 31.9 Å². The quantitative estimate of drug-likeness (QED) is 0.293. The van der Waals surface area contributed by atoms with E-state index < -0.39 is 8.32 Å². The van der Waals surface area contributed by atoms with Gasteiger partial charge >= 0.3 is 0 Å². The van der Waals surface area contributed by atoms with E-state index in [-0.39, 0.29) is 5.04 Å². The van der Waals surface area contributed by atoms with Crippen LogP contribution in [0.3, 0.4) is 0 Å². The Bertz CT molecular complexity index is 530. The fourth-order valence-corrected chi connectivity index (χ4v) is 2.72. The van der Waals surface area contributed by atoms with Gasteiger partial charge in [-0.05, 0) is 28.1 Å². The molecule has 0 heterocycles. The fourth-order valence-electron chi connectivity index (χ4n) is 1.40. The van der Waals surface area contributed by atoms with Crippen LogP contribution < -0.4 is 0 Å². The molecule has 19 heavy (non-hydrogen) atoms. The van der Waals surface area contributed by atoms with E-state index in [1.54, 1.807) is 0 Å². The van der Waals surface area contributed by atoms with E-state index in [1.807, 2.05) is 46.9 Å². The zero-order valence-corrected chi connectivity index (χ0v) is 15.5. The van der Waals surface area contributed by atoms with Crippen molar-refractivity contribution in [1.29, 1.82) is 0 Å². The Balaban J connectivity index is 3.05. The molecule has 0 aliphatic rings. The number of benzene rings is 1. The summed E-state index contributed by atoms with van der Waals surface area (Å²) in [4.78, 5) is 0. The summed E-state index contributed by atoms with van der Waals surface area (Å²) in [6.45, 7) is 15.2. The number of hydrogen-bond donors (Lipinski definition) is 0. The van der Waals surface area contributed by atoms with Crippen LogP contribution in [0.25, 0.3) is 5.76 Å². The molecule has 0 atom stereocenters. The normalized spacial score (nSPS) is 11.5. The van der Waals surface area contributed by atoms with E-state index in [4.69, 9.17) is 4.43 Å². The lowest BCUT2D eigenvalue weighted by molar-refractivity contribution is 0.459. The molecule has 0 aliphatic heterocycles. The lowest BCUT2D eigenvalue weighted by Gasteiger charge is -2.37. The first kappa shape index (κ1) is 16.3. The largest absolute Gasteiger partial charge is 0.543 e. The van der Waals surface area contributed by atoms with Crippen LogP contribution in [-0.4, -0.2) is 8.32 Å². The molecule has 102 valence electrons. The van der Waals surface area contributed by atoms with Crippen molar-refractivity contribution in [2.45, 2.75) is 38.9 Å². The standard InChI is InChI=1S/C16H21IOSi/c1-13(18-19(5,6)16(2,3)4)15-10-8-7-9-14(15)11-12-17/h7-10H,1H2,2-6H3. The Hall–Kier alpha value is -0.733. The van der Waals surface area contributed by atoms with Crippen molar-refractivity contribution in [3.8, 4) is 9.85 Å². The smallest absolute Gasteiger partial charge is 0.250 e. The van der Waals surface area contributed by atoms with Gasteiger partial charge in [0, 0.05) is 33.7 Å². The summed E-state index contributed by atoms with van der Waals surface area (Å²) >= 11 is 2.05. The molecule has 0 amide bonds. The Kier molecular flexibility index (Phi) is 5.28. The summed E-state index contributed by atoms with van der Waals surface area (Å²) in [5.41, 5.74) is 1.97. The van der Waals surface area contributed by atoms with Gasteiger partial charge in [-0.25, -0.2) is 0 Å². The third-order valence-corrected chi connectivity index (χ3v) is 8.23. The van der Waals surface area contributed by atoms with Crippen molar-refractivity contribution in [2.75, 3.05) is 0 Å². The van der Waals surface area contributed by atoms with Crippen LogP contribution in [0.2, 0.25) is 18.1 Å². The first-order valence-corrected chi connectivity index (χ1v) is 10.3. The molecule has 0 N–H and O–H groups in total. The predicted octanol–water partition coefficient (Wildman–Crippen LogP) is 5.42. The third kappa shape index (κ3) is 4.12. The van der Waals surface area contributed by atoms with Crippen molar-refractivity contribution in [3.63, 3.8) is 0 Å². The second kappa shape index (κ2) is 6.15. The van der Waals surface area contributed by atoms with Gasteiger partial charge in [-0.15, -0.1) is 0 Å². The molecule has 0 bridgehead atoms. The van der Waals surface area contributed by atoms with Crippen LogP contribution >= 0.6 is 22.6 Å². The van der Waals surface area contributed by atoms with Crippen molar-refractivity contribution in [1.82, 2.24) is 0 Å². The van der Waals surface area contributed by atoms with Crippen LogP contribution in [0.15, 0.2) is 30.8 Å². The summed E-state index contributed by atoms with van der Waals surface area (Å²) in [7, 11) is -1.85. The van der Waals surface area contributed by atoms with Gasteiger partial charge in [0.1, 0.15) is 5.76 Å². The number of rotatable bonds is 3. The molecule has 3 heteroatoms. The highest BCUT2D eigenvalue weighted by atomic mass is 127. The molecule has 0 saturated heterocycles. The topological polar surface area (TPSA) is 9.23 Å². The van der Waals surface area contributed by atoms with Crippen molar-refractivity contribution in [2.24, 2.45) is 0 Å². The van der Waals surface area contributed by atoms with Crippen molar-refractivity contribution >= 4 is 36.7 Å². The molecule has 1 aromatic rings. The highest BCUT2D eigenvalue weighted by molar-refractivity contribution is 14.1. The molecule has 1 rings (SSSR count). The van der Waals surface area contributed by atoms with Crippen LogP contribution in [0.5, 0.6) is 0 Å². The second-order valence-electron chi connectivity index (χ2n) is 6.05. The van der Waals surface area contributed by atoms with E-state index in [1.165, 1.54) is 0 Å². The summed E-state index contributed by atoms with van der Waals surface area (Å²) in [6.07, 6.45) is 0.